The average Bonchev–Trinajstić information content (AvgIpc) is 2.75. The van der Waals surface area contributed by atoms with Crippen molar-refractivity contribution in [1.29, 1.82) is 0 Å². The van der Waals surface area contributed by atoms with Gasteiger partial charge in [0.15, 0.2) is 0 Å². The highest BCUT2D eigenvalue weighted by atomic mass is 32.2. The van der Waals surface area contributed by atoms with Crippen molar-refractivity contribution >= 4 is 21.6 Å². The fraction of sp³-hybridized carbons (Fsp3) is 0.478. The molecule has 0 spiro atoms. The number of pyridine rings is 1. The summed E-state index contributed by atoms with van der Waals surface area (Å²) in [5.41, 5.74) is 1.68. The minimum atomic E-state index is -3.50. The summed E-state index contributed by atoms with van der Waals surface area (Å²) >= 11 is 0. The van der Waals surface area contributed by atoms with Gasteiger partial charge in [-0.25, -0.2) is 8.42 Å². The first-order chi connectivity index (χ1) is 15.6. The number of benzene rings is 1. The Morgan fingerprint density at radius 2 is 2.00 bits per heavy atom. The molecule has 180 valence electrons. The first kappa shape index (κ1) is 24.9. The molecule has 9 nitrogen and oxygen atoms in total. The topological polar surface area (TPSA) is 112 Å². The zero-order valence-electron chi connectivity index (χ0n) is 19.4. The number of likely N-dealkylation sites (N-methyl/N-ethyl adjacent to an activating group) is 1. The van der Waals surface area contributed by atoms with Crippen LogP contribution in [-0.4, -0.2) is 79.4 Å². The molecular weight excluding hydrogens is 444 g/mol. The molecule has 0 saturated heterocycles. The van der Waals surface area contributed by atoms with Crippen LogP contribution in [-0.2, 0) is 16.6 Å². The maximum absolute atomic E-state index is 13.4. The minimum Gasteiger partial charge on any atom is -0.488 e. The molecule has 2 heterocycles. The largest absolute Gasteiger partial charge is 0.488 e. The van der Waals surface area contributed by atoms with E-state index in [1.807, 2.05) is 26.1 Å². The molecule has 3 atom stereocenters. The van der Waals surface area contributed by atoms with Crippen LogP contribution in [0.15, 0.2) is 42.7 Å². The predicted octanol–water partition coefficient (Wildman–Crippen LogP) is 1.81. The number of fused-ring (bicyclic) bond motifs is 1. The summed E-state index contributed by atoms with van der Waals surface area (Å²) in [6.07, 6.45) is 4.34. The Bertz CT molecular complexity index is 1060. The molecule has 1 aromatic carbocycles. The van der Waals surface area contributed by atoms with Crippen LogP contribution in [0.5, 0.6) is 5.75 Å². The molecule has 0 aliphatic carbocycles. The van der Waals surface area contributed by atoms with Crippen LogP contribution in [0.25, 0.3) is 0 Å². The number of rotatable bonds is 8. The number of anilines is 1. The molecule has 2 N–H and O–H groups in total. The second kappa shape index (κ2) is 10.5. The van der Waals surface area contributed by atoms with Crippen molar-refractivity contribution in [2.24, 2.45) is 5.92 Å². The van der Waals surface area contributed by atoms with Gasteiger partial charge >= 0.3 is 0 Å². The van der Waals surface area contributed by atoms with E-state index >= 15 is 0 Å². The van der Waals surface area contributed by atoms with E-state index in [0.717, 1.165) is 18.4 Å². The fourth-order valence-electron chi connectivity index (χ4n) is 3.89. The van der Waals surface area contributed by atoms with E-state index in [9.17, 15) is 18.3 Å². The van der Waals surface area contributed by atoms with Gasteiger partial charge in [0.05, 0.1) is 24.5 Å². The molecule has 1 amide bonds. The Morgan fingerprint density at radius 1 is 1.30 bits per heavy atom. The number of aromatic nitrogens is 1. The van der Waals surface area contributed by atoms with Crippen molar-refractivity contribution in [1.82, 2.24) is 14.8 Å². The van der Waals surface area contributed by atoms with Gasteiger partial charge in [-0.2, -0.15) is 0 Å². The number of aliphatic hydroxyl groups is 1. The normalized spacial score (nSPS) is 19.9. The van der Waals surface area contributed by atoms with Crippen molar-refractivity contribution in [3.8, 4) is 5.75 Å². The Kier molecular flexibility index (Phi) is 7.93. The molecule has 0 radical (unpaired) electrons. The number of sulfonamides is 1. The number of carbonyl (C=O) groups is 1. The van der Waals surface area contributed by atoms with Gasteiger partial charge in [-0.3, -0.25) is 19.4 Å². The highest BCUT2D eigenvalue weighted by Crippen LogP contribution is 2.31. The second-order valence-corrected chi connectivity index (χ2v) is 10.5. The quantitative estimate of drug-likeness (QED) is 0.598. The number of nitrogens with one attached hydrogen (secondary N) is 1. The molecule has 33 heavy (non-hydrogen) atoms. The monoisotopic (exact) mass is 476 g/mol. The maximum atomic E-state index is 13.4. The molecule has 0 saturated carbocycles. The Hall–Kier alpha value is -2.69. The SMILES string of the molecule is C[C@H]1CN([C@@H](C)CO)C(=O)c2cc(NS(C)(=O)=O)ccc2O[C@H]1CN(C)Cc1ccncc1. The lowest BCUT2D eigenvalue weighted by molar-refractivity contribution is 0.0341. The number of ether oxygens (including phenoxy) is 1. The van der Waals surface area contributed by atoms with E-state index in [0.29, 0.717) is 18.8 Å². The third kappa shape index (κ3) is 6.66. The van der Waals surface area contributed by atoms with E-state index in [1.54, 1.807) is 36.4 Å². The number of nitrogens with zero attached hydrogens (tertiary/aromatic N) is 3. The average molecular weight is 477 g/mol. The van der Waals surface area contributed by atoms with Gasteiger partial charge in [-0.05, 0) is 49.9 Å². The number of aliphatic hydroxyl groups excluding tert-OH is 1. The lowest BCUT2D eigenvalue weighted by Crippen LogP contribution is -2.49. The Balaban J connectivity index is 1.91. The zero-order valence-corrected chi connectivity index (χ0v) is 20.2. The molecule has 2 aromatic rings. The van der Waals surface area contributed by atoms with Gasteiger partial charge < -0.3 is 14.7 Å². The van der Waals surface area contributed by atoms with E-state index in [-0.39, 0.29) is 35.8 Å². The van der Waals surface area contributed by atoms with E-state index in [1.165, 1.54) is 6.07 Å². The van der Waals surface area contributed by atoms with Crippen LogP contribution in [0.2, 0.25) is 0 Å². The summed E-state index contributed by atoms with van der Waals surface area (Å²) in [5.74, 6) is 0.0759. The molecule has 0 fully saturated rings. The maximum Gasteiger partial charge on any atom is 0.258 e. The van der Waals surface area contributed by atoms with E-state index in [4.69, 9.17) is 4.74 Å². The Morgan fingerprint density at radius 3 is 2.64 bits per heavy atom. The summed E-state index contributed by atoms with van der Waals surface area (Å²) < 4.78 is 32.1. The summed E-state index contributed by atoms with van der Waals surface area (Å²) in [6, 6.07) is 8.23. The van der Waals surface area contributed by atoms with E-state index in [2.05, 4.69) is 14.6 Å². The van der Waals surface area contributed by atoms with Crippen LogP contribution in [0.3, 0.4) is 0 Å². The predicted molar refractivity (Wildman–Crippen MR) is 127 cm³/mol. The molecular formula is C23H32N4O5S. The van der Waals surface area contributed by atoms with Crippen molar-refractivity contribution in [3.63, 3.8) is 0 Å². The number of hydrogen-bond donors (Lipinski definition) is 2. The van der Waals surface area contributed by atoms with Gasteiger partial charge in [0.1, 0.15) is 11.9 Å². The fourth-order valence-corrected chi connectivity index (χ4v) is 4.44. The zero-order chi connectivity index (χ0) is 24.2. The van der Waals surface area contributed by atoms with Crippen LogP contribution in [0.4, 0.5) is 5.69 Å². The highest BCUT2D eigenvalue weighted by molar-refractivity contribution is 7.92. The molecule has 3 rings (SSSR count). The smallest absolute Gasteiger partial charge is 0.258 e. The first-order valence-corrected chi connectivity index (χ1v) is 12.7. The van der Waals surface area contributed by atoms with Crippen LogP contribution in [0, 0.1) is 5.92 Å². The lowest BCUT2D eigenvalue weighted by atomic mass is 9.99. The van der Waals surface area contributed by atoms with Crippen molar-refractivity contribution in [2.45, 2.75) is 32.5 Å². The van der Waals surface area contributed by atoms with Crippen LogP contribution < -0.4 is 9.46 Å². The van der Waals surface area contributed by atoms with Crippen molar-refractivity contribution in [2.75, 3.05) is 37.7 Å². The minimum absolute atomic E-state index is 0.00943. The van der Waals surface area contributed by atoms with Gasteiger partial charge in [0, 0.05) is 43.6 Å². The van der Waals surface area contributed by atoms with Crippen molar-refractivity contribution in [3.05, 3.63) is 53.9 Å². The van der Waals surface area contributed by atoms with E-state index < -0.39 is 16.1 Å². The van der Waals surface area contributed by atoms with Gasteiger partial charge in [-0.15, -0.1) is 0 Å². The lowest BCUT2D eigenvalue weighted by Gasteiger charge is -2.38. The molecule has 1 aromatic heterocycles. The third-order valence-electron chi connectivity index (χ3n) is 5.66. The standard InChI is InChI=1S/C23H32N4O5S/c1-16-12-27(17(2)15-28)23(29)20-11-19(25-33(4,30)31)5-6-21(20)32-22(16)14-26(3)13-18-7-9-24-10-8-18/h5-11,16-17,22,25,28H,12-15H2,1-4H3/t16-,17-,22-/m0/s1. The van der Waals surface area contributed by atoms with Crippen LogP contribution in [0.1, 0.15) is 29.8 Å². The second-order valence-electron chi connectivity index (χ2n) is 8.76. The van der Waals surface area contributed by atoms with Gasteiger partial charge in [0.2, 0.25) is 10.0 Å². The summed E-state index contributed by atoms with van der Waals surface area (Å²) in [5, 5.41) is 9.75. The first-order valence-electron chi connectivity index (χ1n) is 10.8. The molecule has 0 bridgehead atoms. The Labute approximate surface area is 195 Å². The van der Waals surface area contributed by atoms with Gasteiger partial charge in [-0.1, -0.05) is 6.92 Å². The third-order valence-corrected chi connectivity index (χ3v) is 6.27. The van der Waals surface area contributed by atoms with Crippen molar-refractivity contribution < 1.29 is 23.1 Å². The molecule has 1 aliphatic rings. The van der Waals surface area contributed by atoms with Gasteiger partial charge in [0.25, 0.3) is 5.91 Å². The number of carbonyl (C=O) groups excluding carboxylic acids is 1. The summed E-state index contributed by atoms with van der Waals surface area (Å²) in [6.45, 7) is 5.37. The number of hydrogen-bond acceptors (Lipinski definition) is 7. The highest BCUT2D eigenvalue weighted by Gasteiger charge is 2.33. The van der Waals surface area contributed by atoms with Crippen LogP contribution >= 0.6 is 0 Å². The number of amides is 1. The molecule has 10 heteroatoms. The molecule has 0 unspecified atom stereocenters. The summed E-state index contributed by atoms with van der Waals surface area (Å²) in [4.78, 5) is 21.2. The summed E-state index contributed by atoms with van der Waals surface area (Å²) in [7, 11) is -1.50. The molecule has 1 aliphatic heterocycles.